The average molecular weight is 377 g/mol. The molecule has 28 heavy (non-hydrogen) atoms. The summed E-state index contributed by atoms with van der Waals surface area (Å²) in [6, 6.07) is 12.5. The lowest BCUT2D eigenvalue weighted by Crippen LogP contribution is -2.26. The van der Waals surface area contributed by atoms with E-state index in [2.05, 4.69) is 20.6 Å². The minimum atomic E-state index is -0.0847. The second-order valence-corrected chi connectivity index (χ2v) is 5.66. The van der Waals surface area contributed by atoms with Crippen LogP contribution in [0.2, 0.25) is 0 Å². The van der Waals surface area contributed by atoms with E-state index in [0.717, 1.165) is 11.1 Å². The van der Waals surface area contributed by atoms with Crippen LogP contribution in [0, 0.1) is 11.5 Å². The highest BCUT2D eigenvalue weighted by Gasteiger charge is 2.11. The summed E-state index contributed by atoms with van der Waals surface area (Å²) in [6.45, 7) is 2.29. The Morgan fingerprint density at radius 1 is 1.32 bits per heavy atom. The van der Waals surface area contributed by atoms with Crippen LogP contribution in [0.1, 0.15) is 12.5 Å². The summed E-state index contributed by atoms with van der Waals surface area (Å²) < 4.78 is 11.1. The zero-order valence-corrected chi connectivity index (χ0v) is 15.2. The van der Waals surface area contributed by atoms with Crippen molar-refractivity contribution in [3.63, 3.8) is 0 Å². The molecule has 0 unspecified atom stereocenters. The minimum Gasteiger partial charge on any atom is -0.493 e. The Morgan fingerprint density at radius 2 is 2.21 bits per heavy atom. The van der Waals surface area contributed by atoms with Crippen LogP contribution in [0.5, 0.6) is 5.75 Å². The fourth-order valence-corrected chi connectivity index (χ4v) is 2.56. The molecule has 0 fully saturated rings. The molecule has 0 aliphatic heterocycles. The van der Waals surface area contributed by atoms with Crippen molar-refractivity contribution in [2.45, 2.75) is 13.5 Å². The van der Waals surface area contributed by atoms with Gasteiger partial charge in [-0.25, -0.2) is 9.98 Å². The maximum absolute atomic E-state index is 9.26. The number of aliphatic imine (C=N–C) groups is 1. The molecule has 3 rings (SSSR count). The van der Waals surface area contributed by atoms with Gasteiger partial charge in [0.15, 0.2) is 18.3 Å². The molecular weight excluding hydrogens is 358 g/mol. The van der Waals surface area contributed by atoms with Crippen LogP contribution in [0.3, 0.4) is 0 Å². The molecule has 0 aliphatic rings. The number of guanidine groups is 1. The van der Waals surface area contributed by atoms with E-state index < -0.39 is 0 Å². The number of aliphatic hydroxyl groups excluding tert-OH is 1. The zero-order chi connectivity index (χ0) is 19.8. The lowest BCUT2D eigenvalue weighted by Gasteiger charge is -2.13. The van der Waals surface area contributed by atoms with E-state index in [-0.39, 0.29) is 12.6 Å². The zero-order valence-electron chi connectivity index (χ0n) is 15.2. The Morgan fingerprint density at radius 3 is 2.93 bits per heavy atom. The molecule has 0 aliphatic carbocycles. The predicted octanol–water partition coefficient (Wildman–Crippen LogP) is 3.40. The Balaban J connectivity index is 1.89. The molecular formula is C20H19N5O3. The number of benzene rings is 2. The van der Waals surface area contributed by atoms with Gasteiger partial charge in [-0.3, -0.25) is 5.32 Å². The van der Waals surface area contributed by atoms with Crippen LogP contribution in [-0.4, -0.2) is 22.7 Å². The lowest BCUT2D eigenvalue weighted by molar-refractivity contribution is 0.282. The normalized spacial score (nSPS) is 11.0. The van der Waals surface area contributed by atoms with Crippen molar-refractivity contribution in [3.05, 3.63) is 60.6 Å². The minimum absolute atomic E-state index is 0.0847. The van der Waals surface area contributed by atoms with Crippen molar-refractivity contribution in [2.24, 2.45) is 4.99 Å². The fourth-order valence-electron chi connectivity index (χ4n) is 2.56. The van der Waals surface area contributed by atoms with Crippen molar-refractivity contribution in [1.82, 2.24) is 10.3 Å². The van der Waals surface area contributed by atoms with Gasteiger partial charge < -0.3 is 19.6 Å². The molecule has 0 radical (unpaired) electrons. The van der Waals surface area contributed by atoms with Gasteiger partial charge in [0.05, 0.1) is 30.7 Å². The summed E-state index contributed by atoms with van der Waals surface area (Å²) in [7, 11) is 0. The third-order valence-corrected chi connectivity index (χ3v) is 3.75. The number of nitriles is 1. The summed E-state index contributed by atoms with van der Waals surface area (Å²) >= 11 is 0. The van der Waals surface area contributed by atoms with Crippen molar-refractivity contribution in [3.8, 4) is 23.3 Å². The number of aliphatic hydroxyl groups is 1. The standard InChI is InChI=1S/C20H19N5O3/c1-2-27-18-9-16(6-7-17(18)19-10-22-13-28-19)25-20(23-12-21)24-15-5-3-4-14(8-15)11-26/h3-10,13,26H,2,11H2,1H3,(H2,23,24,25). The van der Waals surface area contributed by atoms with Crippen molar-refractivity contribution < 1.29 is 14.3 Å². The van der Waals surface area contributed by atoms with E-state index in [1.807, 2.05) is 25.2 Å². The third kappa shape index (κ3) is 4.66. The van der Waals surface area contributed by atoms with Crippen molar-refractivity contribution in [1.29, 1.82) is 5.26 Å². The largest absolute Gasteiger partial charge is 0.493 e. The Hall–Kier alpha value is -3.83. The number of nitrogens with one attached hydrogen (secondary N) is 2. The smallest absolute Gasteiger partial charge is 0.214 e. The van der Waals surface area contributed by atoms with E-state index in [4.69, 9.17) is 14.4 Å². The first kappa shape index (κ1) is 18.9. The first-order valence-corrected chi connectivity index (χ1v) is 8.59. The Kier molecular flexibility index (Phi) is 6.23. The Bertz CT molecular complexity index is 993. The quantitative estimate of drug-likeness (QED) is 0.261. The SMILES string of the molecule is CCOc1cc(NC(=Nc2cccc(CO)c2)NC#N)ccc1-c1cnco1. The predicted molar refractivity (Wildman–Crippen MR) is 105 cm³/mol. The summed E-state index contributed by atoms with van der Waals surface area (Å²) in [5.74, 6) is 1.45. The second kappa shape index (κ2) is 9.21. The molecule has 0 bridgehead atoms. The number of nitrogens with zero attached hydrogens (tertiary/aromatic N) is 3. The highest BCUT2D eigenvalue weighted by atomic mass is 16.5. The van der Waals surface area contributed by atoms with Gasteiger partial charge in [0, 0.05) is 11.8 Å². The van der Waals surface area contributed by atoms with E-state index in [9.17, 15) is 5.11 Å². The maximum atomic E-state index is 9.26. The molecule has 0 saturated carbocycles. The molecule has 0 atom stereocenters. The highest BCUT2D eigenvalue weighted by molar-refractivity contribution is 5.96. The molecule has 3 aromatic rings. The van der Waals surface area contributed by atoms with Crippen molar-refractivity contribution in [2.75, 3.05) is 11.9 Å². The second-order valence-electron chi connectivity index (χ2n) is 5.66. The molecule has 0 amide bonds. The topological polar surface area (TPSA) is 116 Å². The number of ether oxygens (including phenoxy) is 1. The van der Waals surface area contributed by atoms with Gasteiger partial charge in [-0.2, -0.15) is 5.26 Å². The summed E-state index contributed by atoms with van der Waals surface area (Å²) in [5, 5.41) is 23.9. The number of hydrogen-bond donors (Lipinski definition) is 3. The molecule has 8 nitrogen and oxygen atoms in total. The monoisotopic (exact) mass is 377 g/mol. The summed E-state index contributed by atoms with van der Waals surface area (Å²) in [5.41, 5.74) is 2.77. The molecule has 1 aromatic heterocycles. The van der Waals surface area contributed by atoms with Gasteiger partial charge >= 0.3 is 0 Å². The number of aromatic nitrogens is 1. The Labute approximate surface area is 162 Å². The molecule has 0 spiro atoms. The molecule has 2 aromatic carbocycles. The van der Waals surface area contributed by atoms with Crippen molar-refractivity contribution >= 4 is 17.3 Å². The van der Waals surface area contributed by atoms with Gasteiger partial charge in [-0.05, 0) is 36.8 Å². The van der Waals surface area contributed by atoms with E-state index in [0.29, 0.717) is 29.5 Å². The van der Waals surface area contributed by atoms with Crippen LogP contribution in [-0.2, 0) is 6.61 Å². The summed E-state index contributed by atoms with van der Waals surface area (Å²) in [4.78, 5) is 8.33. The molecule has 3 N–H and O–H groups in total. The maximum Gasteiger partial charge on any atom is 0.214 e. The van der Waals surface area contributed by atoms with Crippen LogP contribution in [0.25, 0.3) is 11.3 Å². The van der Waals surface area contributed by atoms with Gasteiger partial charge in [0.2, 0.25) is 5.96 Å². The van der Waals surface area contributed by atoms with Crippen LogP contribution in [0.15, 0.2) is 64.5 Å². The van der Waals surface area contributed by atoms with Gasteiger partial charge in [0.1, 0.15) is 5.75 Å². The lowest BCUT2D eigenvalue weighted by atomic mass is 10.1. The number of rotatable bonds is 6. The molecule has 1 heterocycles. The number of anilines is 1. The van der Waals surface area contributed by atoms with E-state index >= 15 is 0 Å². The number of oxazole rings is 1. The fraction of sp³-hybridized carbons (Fsp3) is 0.150. The first-order chi connectivity index (χ1) is 13.7. The van der Waals surface area contributed by atoms with E-state index in [1.165, 1.54) is 6.39 Å². The van der Waals surface area contributed by atoms with Gasteiger partial charge in [-0.15, -0.1) is 0 Å². The average Bonchev–Trinajstić information content (AvgIpc) is 3.23. The van der Waals surface area contributed by atoms with Crippen LogP contribution < -0.4 is 15.4 Å². The van der Waals surface area contributed by atoms with Crippen LogP contribution in [0.4, 0.5) is 11.4 Å². The first-order valence-electron chi connectivity index (χ1n) is 8.59. The highest BCUT2D eigenvalue weighted by Crippen LogP contribution is 2.32. The van der Waals surface area contributed by atoms with Gasteiger partial charge in [0.25, 0.3) is 0 Å². The summed E-state index contributed by atoms with van der Waals surface area (Å²) in [6.07, 6.45) is 4.84. The van der Waals surface area contributed by atoms with E-state index in [1.54, 1.807) is 36.5 Å². The van der Waals surface area contributed by atoms with Gasteiger partial charge in [-0.1, -0.05) is 12.1 Å². The molecule has 8 heteroatoms. The molecule has 142 valence electrons. The third-order valence-electron chi connectivity index (χ3n) is 3.75. The number of hydrogen-bond acceptors (Lipinski definition) is 6. The van der Waals surface area contributed by atoms with Crippen LogP contribution >= 0.6 is 0 Å². The molecule has 0 saturated heterocycles.